The van der Waals surface area contributed by atoms with Gasteiger partial charge in [-0.15, -0.1) is 0 Å². The average molecular weight is 236 g/mol. The number of nitrogens with zero attached hydrogens (tertiary/aromatic N) is 2. The quantitative estimate of drug-likeness (QED) is 0.569. The van der Waals surface area contributed by atoms with Crippen LogP contribution in [0.4, 0.5) is 4.39 Å². The second kappa shape index (κ2) is 3.30. The summed E-state index contributed by atoms with van der Waals surface area (Å²) in [5, 5.41) is 9.61. The van der Waals surface area contributed by atoms with Crippen LogP contribution in [0.3, 0.4) is 0 Å². The van der Waals surface area contributed by atoms with E-state index in [1.807, 2.05) is 0 Å². The fourth-order valence-electron chi connectivity index (χ4n) is 1.88. The molecule has 1 fully saturated rings. The van der Waals surface area contributed by atoms with E-state index in [9.17, 15) is 4.39 Å². The van der Waals surface area contributed by atoms with Crippen LogP contribution in [-0.4, -0.2) is 22.3 Å². The van der Waals surface area contributed by atoms with E-state index in [-0.39, 0.29) is 11.9 Å². The predicted octanol–water partition coefficient (Wildman–Crippen LogP) is -0.222. The predicted molar refractivity (Wildman–Crippen MR) is 60.6 cm³/mol. The summed E-state index contributed by atoms with van der Waals surface area (Å²) in [6.07, 6.45) is 3.05. The van der Waals surface area contributed by atoms with E-state index >= 15 is 0 Å². The highest BCUT2D eigenvalue weighted by Crippen LogP contribution is 2.43. The fraction of sp³-hybridized carbons (Fsp3) is 0.400. The van der Waals surface area contributed by atoms with Gasteiger partial charge in [0.2, 0.25) is 0 Å². The molecule has 6 nitrogen and oxygen atoms in total. The van der Waals surface area contributed by atoms with E-state index in [2.05, 4.69) is 20.5 Å². The molecular formula is C10H13FN6. The normalized spacial score (nSPS) is 35.3. The fourth-order valence-corrected chi connectivity index (χ4v) is 1.88. The molecule has 0 amide bonds. The van der Waals surface area contributed by atoms with Crippen LogP contribution < -0.4 is 16.8 Å². The van der Waals surface area contributed by atoms with Crippen LogP contribution in [0.2, 0.25) is 0 Å². The molecule has 2 aliphatic rings. The zero-order chi connectivity index (χ0) is 12.0. The third-order valence-electron chi connectivity index (χ3n) is 2.99. The van der Waals surface area contributed by atoms with Gasteiger partial charge in [0, 0.05) is 17.8 Å². The number of alkyl halides is 1. The average Bonchev–Trinajstić information content (AvgIpc) is 2.80. The Hall–Kier alpha value is -1.89. The number of nitrogens with two attached hydrogens (primary N) is 2. The van der Waals surface area contributed by atoms with Gasteiger partial charge >= 0.3 is 0 Å². The summed E-state index contributed by atoms with van der Waals surface area (Å²) < 4.78 is 12.9. The number of hydrogen-bond donors (Lipinski definition) is 4. The summed E-state index contributed by atoms with van der Waals surface area (Å²) in [6, 6.07) is 1.75. The number of H-pyrrole nitrogens is 1. The molecule has 0 spiro atoms. The lowest BCUT2D eigenvalue weighted by molar-refractivity contribution is 0.466. The third kappa shape index (κ3) is 1.68. The number of guanidine groups is 1. The summed E-state index contributed by atoms with van der Waals surface area (Å²) in [7, 11) is 0. The molecule has 1 unspecified atom stereocenters. The highest BCUT2D eigenvalue weighted by Gasteiger charge is 2.41. The van der Waals surface area contributed by atoms with E-state index in [4.69, 9.17) is 11.5 Å². The molecule has 0 aromatic carbocycles. The Kier molecular flexibility index (Phi) is 1.99. The van der Waals surface area contributed by atoms with Gasteiger partial charge in [-0.1, -0.05) is 0 Å². The van der Waals surface area contributed by atoms with Crippen molar-refractivity contribution in [2.75, 3.05) is 0 Å². The molecule has 17 heavy (non-hydrogen) atoms. The Morgan fingerprint density at radius 3 is 2.94 bits per heavy atom. The molecule has 1 aliphatic heterocycles. The molecule has 7 heteroatoms. The van der Waals surface area contributed by atoms with Crippen molar-refractivity contribution >= 4 is 5.96 Å². The van der Waals surface area contributed by atoms with Crippen molar-refractivity contribution in [2.45, 2.75) is 24.2 Å². The summed E-state index contributed by atoms with van der Waals surface area (Å²) in [5.41, 5.74) is 11.8. The van der Waals surface area contributed by atoms with Gasteiger partial charge in [0.25, 0.3) is 0 Å². The van der Waals surface area contributed by atoms with Crippen LogP contribution in [0.15, 0.2) is 23.3 Å². The Balaban J connectivity index is 1.91. The van der Waals surface area contributed by atoms with Gasteiger partial charge in [-0.05, 0) is 18.6 Å². The lowest BCUT2D eigenvalue weighted by Gasteiger charge is -2.22. The molecular weight excluding hydrogens is 223 g/mol. The van der Waals surface area contributed by atoms with Crippen LogP contribution in [-0.2, 0) is 5.66 Å². The number of nitrogens with one attached hydrogen (secondary N) is 2. The minimum absolute atomic E-state index is 0.0770. The maximum absolute atomic E-state index is 12.9. The van der Waals surface area contributed by atoms with Crippen LogP contribution in [0, 0.1) is 0 Å². The Morgan fingerprint density at radius 2 is 2.29 bits per heavy atom. The van der Waals surface area contributed by atoms with Gasteiger partial charge in [-0.3, -0.25) is 10.8 Å². The molecule has 1 saturated carbocycles. The van der Waals surface area contributed by atoms with Gasteiger partial charge in [-0.2, -0.15) is 5.10 Å². The summed E-state index contributed by atoms with van der Waals surface area (Å²) in [6.45, 7) is 0. The number of aliphatic imine (C=N–C) groups is 1. The Bertz CT molecular complexity index is 507. The minimum Gasteiger partial charge on any atom is -0.370 e. The SMILES string of the molecule is NC1=NC(N)(c2cc([C@H]3C[C@H]3F)[nH]n2)C=CN1. The summed E-state index contributed by atoms with van der Waals surface area (Å²) in [5.74, 6) is 0.154. The van der Waals surface area contributed by atoms with E-state index in [1.54, 1.807) is 18.3 Å². The molecule has 90 valence electrons. The van der Waals surface area contributed by atoms with Crippen LogP contribution >= 0.6 is 0 Å². The number of aromatic amines is 1. The van der Waals surface area contributed by atoms with Crippen molar-refractivity contribution in [3.05, 3.63) is 29.7 Å². The zero-order valence-electron chi connectivity index (χ0n) is 9.02. The number of halogens is 1. The second-order valence-corrected chi connectivity index (χ2v) is 4.37. The largest absolute Gasteiger partial charge is 0.370 e. The first-order valence-electron chi connectivity index (χ1n) is 5.37. The van der Waals surface area contributed by atoms with Gasteiger partial charge in [-0.25, -0.2) is 9.38 Å². The van der Waals surface area contributed by atoms with Crippen LogP contribution in [0.5, 0.6) is 0 Å². The van der Waals surface area contributed by atoms with Gasteiger partial charge in [0.05, 0.1) is 0 Å². The lowest BCUT2D eigenvalue weighted by atomic mass is 10.1. The van der Waals surface area contributed by atoms with Gasteiger partial charge in [0.15, 0.2) is 11.6 Å². The first-order chi connectivity index (χ1) is 8.08. The highest BCUT2D eigenvalue weighted by molar-refractivity contribution is 5.80. The van der Waals surface area contributed by atoms with Gasteiger partial charge in [0.1, 0.15) is 11.9 Å². The first kappa shape index (κ1) is 10.3. The smallest absolute Gasteiger partial charge is 0.195 e. The Morgan fingerprint density at radius 1 is 1.53 bits per heavy atom. The highest BCUT2D eigenvalue weighted by atomic mass is 19.1. The van der Waals surface area contributed by atoms with Crippen molar-refractivity contribution in [1.29, 1.82) is 0 Å². The standard InChI is InChI=1S/C10H13FN6/c11-6-3-5(6)7-4-8(17-16-7)10(13)1-2-14-9(12)15-10/h1-2,4-6H,3,13H2,(H,16,17)(H3,12,14,15)/t5-,6+,10?/m0/s1. The number of aromatic nitrogens is 2. The zero-order valence-corrected chi connectivity index (χ0v) is 9.02. The summed E-state index contributed by atoms with van der Waals surface area (Å²) in [4.78, 5) is 4.09. The molecule has 1 aliphatic carbocycles. The van der Waals surface area contributed by atoms with Crippen molar-refractivity contribution in [2.24, 2.45) is 16.5 Å². The maximum atomic E-state index is 12.9. The number of hydrogen-bond acceptors (Lipinski definition) is 5. The molecule has 0 radical (unpaired) electrons. The topological polar surface area (TPSA) is 105 Å². The van der Waals surface area contributed by atoms with Crippen molar-refractivity contribution in [1.82, 2.24) is 15.5 Å². The maximum Gasteiger partial charge on any atom is 0.195 e. The molecule has 0 saturated heterocycles. The first-order valence-corrected chi connectivity index (χ1v) is 5.37. The second-order valence-electron chi connectivity index (χ2n) is 4.37. The van der Waals surface area contributed by atoms with Crippen LogP contribution in [0.1, 0.15) is 23.7 Å². The number of rotatable bonds is 2. The minimum atomic E-state index is -1.08. The van der Waals surface area contributed by atoms with E-state index < -0.39 is 11.8 Å². The van der Waals surface area contributed by atoms with Gasteiger partial charge < -0.3 is 11.1 Å². The Labute approximate surface area is 97.0 Å². The molecule has 1 aromatic heterocycles. The molecule has 3 rings (SSSR count). The molecule has 2 heterocycles. The van der Waals surface area contributed by atoms with Crippen molar-refractivity contribution in [3.8, 4) is 0 Å². The van der Waals surface area contributed by atoms with Crippen LogP contribution in [0.25, 0.3) is 0 Å². The summed E-state index contributed by atoms with van der Waals surface area (Å²) >= 11 is 0. The molecule has 3 atom stereocenters. The molecule has 6 N–H and O–H groups in total. The van der Waals surface area contributed by atoms with E-state index in [1.165, 1.54) is 0 Å². The van der Waals surface area contributed by atoms with Crippen molar-refractivity contribution < 1.29 is 4.39 Å². The van der Waals surface area contributed by atoms with E-state index in [0.29, 0.717) is 12.1 Å². The molecule has 0 bridgehead atoms. The monoisotopic (exact) mass is 236 g/mol. The third-order valence-corrected chi connectivity index (χ3v) is 2.99. The lowest BCUT2D eigenvalue weighted by Crippen LogP contribution is -2.42. The molecule has 1 aromatic rings. The van der Waals surface area contributed by atoms with Crippen molar-refractivity contribution in [3.63, 3.8) is 0 Å². The van der Waals surface area contributed by atoms with E-state index in [0.717, 1.165) is 5.69 Å².